The summed E-state index contributed by atoms with van der Waals surface area (Å²) in [7, 11) is 0. The summed E-state index contributed by atoms with van der Waals surface area (Å²) < 4.78 is 0. The van der Waals surface area contributed by atoms with Crippen molar-refractivity contribution in [3.63, 3.8) is 0 Å². The number of nitrogens with one attached hydrogen (secondary N) is 1. The average Bonchev–Trinajstić information content (AvgIpc) is 2.35. The molecule has 0 unspecified atom stereocenters. The standard InChI is InChI=1S/C15H21NO3S/c1-11-6-4-5-7-12(11)20-10-13(17)16-15(2,3)9-8-14(18)19/h4-7H,8-10H2,1-3H3,(H,16,17)(H,18,19). The van der Waals surface area contributed by atoms with Crippen molar-refractivity contribution in [2.75, 3.05) is 5.75 Å². The van der Waals surface area contributed by atoms with E-state index in [-0.39, 0.29) is 12.3 Å². The molecule has 2 N–H and O–H groups in total. The number of hydrogen-bond donors (Lipinski definition) is 2. The van der Waals surface area contributed by atoms with E-state index >= 15 is 0 Å². The van der Waals surface area contributed by atoms with E-state index < -0.39 is 11.5 Å². The SMILES string of the molecule is Cc1ccccc1SCC(=O)NC(C)(C)CCC(=O)O. The Bertz CT molecular complexity index is 486. The smallest absolute Gasteiger partial charge is 0.303 e. The summed E-state index contributed by atoms with van der Waals surface area (Å²) in [4.78, 5) is 23.6. The highest BCUT2D eigenvalue weighted by molar-refractivity contribution is 8.00. The predicted molar refractivity (Wildman–Crippen MR) is 81.0 cm³/mol. The van der Waals surface area contributed by atoms with Crippen molar-refractivity contribution >= 4 is 23.6 Å². The van der Waals surface area contributed by atoms with Crippen LogP contribution < -0.4 is 5.32 Å². The van der Waals surface area contributed by atoms with Gasteiger partial charge in [0, 0.05) is 16.9 Å². The van der Waals surface area contributed by atoms with Gasteiger partial charge >= 0.3 is 5.97 Å². The van der Waals surface area contributed by atoms with Crippen LogP contribution in [0.1, 0.15) is 32.3 Å². The molecule has 1 aromatic rings. The van der Waals surface area contributed by atoms with E-state index in [0.717, 1.165) is 10.5 Å². The van der Waals surface area contributed by atoms with E-state index in [2.05, 4.69) is 5.32 Å². The van der Waals surface area contributed by atoms with E-state index in [0.29, 0.717) is 12.2 Å². The second kappa shape index (κ2) is 7.33. The topological polar surface area (TPSA) is 66.4 Å². The van der Waals surface area contributed by atoms with Crippen LogP contribution in [0.3, 0.4) is 0 Å². The Morgan fingerprint density at radius 1 is 1.30 bits per heavy atom. The molecular formula is C15H21NO3S. The Morgan fingerprint density at radius 3 is 2.55 bits per heavy atom. The van der Waals surface area contributed by atoms with Gasteiger partial charge in [-0.15, -0.1) is 11.8 Å². The quantitative estimate of drug-likeness (QED) is 0.759. The molecule has 1 amide bonds. The third-order valence-electron chi connectivity index (χ3n) is 2.89. The van der Waals surface area contributed by atoms with Gasteiger partial charge in [0.2, 0.25) is 5.91 Å². The van der Waals surface area contributed by atoms with Crippen LogP contribution in [0.25, 0.3) is 0 Å². The zero-order valence-corrected chi connectivity index (χ0v) is 12.9. The minimum atomic E-state index is -0.846. The molecule has 1 aromatic carbocycles. The van der Waals surface area contributed by atoms with Gasteiger partial charge in [0.1, 0.15) is 0 Å². The van der Waals surface area contributed by atoms with Crippen LogP contribution in [0.4, 0.5) is 0 Å². The third kappa shape index (κ3) is 6.10. The molecule has 0 aliphatic rings. The number of carboxylic acid groups (broad SMARTS) is 1. The number of hydrogen-bond acceptors (Lipinski definition) is 3. The summed E-state index contributed by atoms with van der Waals surface area (Å²) >= 11 is 1.49. The van der Waals surface area contributed by atoms with Crippen molar-refractivity contribution in [2.45, 2.75) is 44.0 Å². The summed E-state index contributed by atoms with van der Waals surface area (Å²) in [5.74, 6) is -0.586. The van der Waals surface area contributed by atoms with Crippen molar-refractivity contribution in [3.05, 3.63) is 29.8 Å². The molecule has 0 fully saturated rings. The van der Waals surface area contributed by atoms with Crippen LogP contribution in [0, 0.1) is 6.92 Å². The van der Waals surface area contributed by atoms with Crippen molar-refractivity contribution in [3.8, 4) is 0 Å². The largest absolute Gasteiger partial charge is 0.481 e. The Kier molecular flexibility index (Phi) is 6.07. The van der Waals surface area contributed by atoms with Gasteiger partial charge in [-0.1, -0.05) is 18.2 Å². The molecule has 5 heteroatoms. The lowest BCUT2D eigenvalue weighted by molar-refractivity contribution is -0.137. The monoisotopic (exact) mass is 295 g/mol. The molecule has 4 nitrogen and oxygen atoms in total. The molecule has 20 heavy (non-hydrogen) atoms. The zero-order valence-electron chi connectivity index (χ0n) is 12.1. The maximum Gasteiger partial charge on any atom is 0.303 e. The van der Waals surface area contributed by atoms with Gasteiger partial charge in [0.05, 0.1) is 5.75 Å². The number of amides is 1. The fourth-order valence-corrected chi connectivity index (χ4v) is 2.59. The molecule has 0 radical (unpaired) electrons. The van der Waals surface area contributed by atoms with E-state index in [9.17, 15) is 9.59 Å². The van der Waals surface area contributed by atoms with Gasteiger partial charge in [-0.3, -0.25) is 9.59 Å². The highest BCUT2D eigenvalue weighted by Gasteiger charge is 2.21. The summed E-state index contributed by atoms with van der Waals surface area (Å²) in [5, 5.41) is 11.6. The molecular weight excluding hydrogens is 274 g/mol. The number of rotatable bonds is 7. The maximum atomic E-state index is 11.9. The number of benzene rings is 1. The average molecular weight is 295 g/mol. The fraction of sp³-hybridized carbons (Fsp3) is 0.467. The number of aliphatic carboxylic acids is 1. The Labute approximate surface area is 124 Å². The van der Waals surface area contributed by atoms with Gasteiger partial charge in [-0.2, -0.15) is 0 Å². The molecule has 0 bridgehead atoms. The van der Waals surface area contributed by atoms with E-state index in [1.807, 2.05) is 45.0 Å². The molecule has 0 saturated carbocycles. The molecule has 110 valence electrons. The number of thioether (sulfide) groups is 1. The van der Waals surface area contributed by atoms with E-state index in [1.54, 1.807) is 0 Å². The predicted octanol–water partition coefficient (Wildman–Crippen LogP) is 2.85. The molecule has 0 atom stereocenters. The van der Waals surface area contributed by atoms with Gasteiger partial charge in [0.15, 0.2) is 0 Å². The van der Waals surface area contributed by atoms with Gasteiger partial charge in [0.25, 0.3) is 0 Å². The first-order valence-electron chi connectivity index (χ1n) is 6.51. The number of carbonyl (C=O) groups is 2. The molecule has 0 saturated heterocycles. The molecule has 1 rings (SSSR count). The number of aryl methyl sites for hydroxylation is 1. The lowest BCUT2D eigenvalue weighted by atomic mass is 9.98. The van der Waals surface area contributed by atoms with Crippen LogP contribution in [0.2, 0.25) is 0 Å². The number of carbonyl (C=O) groups excluding carboxylic acids is 1. The second-order valence-corrected chi connectivity index (χ2v) is 6.40. The molecule has 0 aromatic heterocycles. The summed E-state index contributed by atoms with van der Waals surface area (Å²) in [6, 6.07) is 7.92. The van der Waals surface area contributed by atoms with Crippen molar-refractivity contribution in [2.24, 2.45) is 0 Å². The molecule has 0 aliphatic heterocycles. The first kappa shape index (κ1) is 16.6. The Hall–Kier alpha value is -1.49. The maximum absolute atomic E-state index is 11.9. The Morgan fingerprint density at radius 2 is 1.95 bits per heavy atom. The lowest BCUT2D eigenvalue weighted by Gasteiger charge is -2.25. The zero-order chi connectivity index (χ0) is 15.2. The minimum absolute atomic E-state index is 0.0538. The van der Waals surface area contributed by atoms with Crippen LogP contribution in [-0.4, -0.2) is 28.3 Å². The molecule has 0 aliphatic carbocycles. The summed E-state index contributed by atoms with van der Waals surface area (Å²) in [6.45, 7) is 5.69. The van der Waals surface area contributed by atoms with E-state index in [4.69, 9.17) is 5.11 Å². The van der Waals surface area contributed by atoms with Crippen LogP contribution in [0.5, 0.6) is 0 Å². The van der Waals surface area contributed by atoms with Crippen LogP contribution >= 0.6 is 11.8 Å². The van der Waals surface area contributed by atoms with E-state index in [1.165, 1.54) is 11.8 Å². The first-order valence-corrected chi connectivity index (χ1v) is 7.50. The highest BCUT2D eigenvalue weighted by atomic mass is 32.2. The van der Waals surface area contributed by atoms with Gasteiger partial charge in [-0.05, 0) is 38.8 Å². The van der Waals surface area contributed by atoms with Crippen molar-refractivity contribution in [1.82, 2.24) is 5.32 Å². The molecule has 0 spiro atoms. The summed E-state index contributed by atoms with van der Waals surface area (Å²) in [6.07, 6.45) is 0.474. The summed E-state index contributed by atoms with van der Waals surface area (Å²) in [5.41, 5.74) is 0.650. The number of carboxylic acids is 1. The van der Waals surface area contributed by atoms with Crippen LogP contribution in [0.15, 0.2) is 29.2 Å². The van der Waals surface area contributed by atoms with Gasteiger partial charge in [-0.25, -0.2) is 0 Å². The van der Waals surface area contributed by atoms with Gasteiger partial charge < -0.3 is 10.4 Å². The second-order valence-electron chi connectivity index (χ2n) is 5.38. The fourth-order valence-electron chi connectivity index (χ4n) is 1.76. The minimum Gasteiger partial charge on any atom is -0.481 e. The first-order chi connectivity index (χ1) is 9.30. The lowest BCUT2D eigenvalue weighted by Crippen LogP contribution is -2.44. The Balaban J connectivity index is 2.43. The van der Waals surface area contributed by atoms with Crippen molar-refractivity contribution < 1.29 is 14.7 Å². The van der Waals surface area contributed by atoms with Crippen LogP contribution in [-0.2, 0) is 9.59 Å². The van der Waals surface area contributed by atoms with Crippen molar-refractivity contribution in [1.29, 1.82) is 0 Å². The highest BCUT2D eigenvalue weighted by Crippen LogP contribution is 2.21. The molecule has 0 heterocycles. The third-order valence-corrected chi connectivity index (χ3v) is 4.07. The normalized spacial score (nSPS) is 11.2.